The summed E-state index contributed by atoms with van der Waals surface area (Å²) in [4.78, 5) is 40.2. The molecular formula is C25H27Cl2N3O4. The van der Waals surface area contributed by atoms with E-state index >= 15 is 0 Å². The maximum Gasteiger partial charge on any atom is 0.325 e. The molecule has 0 saturated carbocycles. The van der Waals surface area contributed by atoms with E-state index in [4.69, 9.17) is 27.9 Å². The number of nitrogens with one attached hydrogen (secondary N) is 2. The highest BCUT2D eigenvalue weighted by molar-refractivity contribution is 6.31. The zero-order chi connectivity index (χ0) is 24.3. The second-order valence-corrected chi connectivity index (χ2v) is 9.49. The van der Waals surface area contributed by atoms with Crippen molar-refractivity contribution in [3.05, 3.63) is 63.6 Å². The highest BCUT2D eigenvalue weighted by atomic mass is 35.5. The molecule has 0 spiro atoms. The molecule has 1 saturated heterocycles. The number of anilines is 1. The van der Waals surface area contributed by atoms with Gasteiger partial charge in [-0.25, -0.2) is 0 Å². The monoisotopic (exact) mass is 503 g/mol. The van der Waals surface area contributed by atoms with Gasteiger partial charge in [-0.1, -0.05) is 41.4 Å². The van der Waals surface area contributed by atoms with E-state index in [-0.39, 0.29) is 30.9 Å². The summed E-state index contributed by atoms with van der Waals surface area (Å²) in [6, 6.07) is 12.9. The van der Waals surface area contributed by atoms with Crippen molar-refractivity contribution >= 4 is 46.7 Å². The van der Waals surface area contributed by atoms with Crippen molar-refractivity contribution in [2.24, 2.45) is 5.92 Å². The zero-order valence-corrected chi connectivity index (χ0v) is 20.4. The fourth-order valence-corrected chi connectivity index (χ4v) is 5.31. The van der Waals surface area contributed by atoms with Gasteiger partial charge in [0, 0.05) is 34.3 Å². The molecule has 34 heavy (non-hydrogen) atoms. The van der Waals surface area contributed by atoms with Crippen molar-refractivity contribution < 1.29 is 19.1 Å². The van der Waals surface area contributed by atoms with Gasteiger partial charge in [-0.05, 0) is 56.1 Å². The Morgan fingerprint density at radius 2 is 2.00 bits per heavy atom. The summed E-state index contributed by atoms with van der Waals surface area (Å²) < 4.78 is 4.90. The fourth-order valence-electron chi connectivity index (χ4n) is 4.93. The van der Waals surface area contributed by atoms with Gasteiger partial charge in [0.2, 0.25) is 11.8 Å². The maximum absolute atomic E-state index is 13.6. The predicted molar refractivity (Wildman–Crippen MR) is 131 cm³/mol. The molecule has 0 bridgehead atoms. The third-order valence-electron chi connectivity index (χ3n) is 6.44. The molecule has 2 aromatic carbocycles. The number of fused-ring (bicyclic) bond motifs is 1. The molecule has 2 aromatic rings. The number of ether oxygens (including phenoxy) is 1. The third kappa shape index (κ3) is 4.92. The third-order valence-corrected chi connectivity index (χ3v) is 6.91. The first kappa shape index (κ1) is 24.5. The van der Waals surface area contributed by atoms with Gasteiger partial charge in [-0.2, -0.15) is 0 Å². The summed E-state index contributed by atoms with van der Waals surface area (Å²) in [5.41, 5.74) is 1.41. The molecule has 2 aliphatic heterocycles. The topological polar surface area (TPSA) is 87.7 Å². The lowest BCUT2D eigenvalue weighted by atomic mass is 9.80. The number of carbonyl (C=O) groups is 3. The summed E-state index contributed by atoms with van der Waals surface area (Å²) in [6.07, 6.45) is 1.81. The van der Waals surface area contributed by atoms with Crippen molar-refractivity contribution in [1.82, 2.24) is 10.2 Å². The Morgan fingerprint density at radius 1 is 1.21 bits per heavy atom. The van der Waals surface area contributed by atoms with Gasteiger partial charge in [0.1, 0.15) is 12.1 Å². The Labute approximate surface area is 208 Å². The van der Waals surface area contributed by atoms with E-state index in [9.17, 15) is 14.4 Å². The number of likely N-dealkylation sites (tertiary alicyclic amines) is 1. The van der Waals surface area contributed by atoms with E-state index in [1.807, 2.05) is 24.3 Å². The Morgan fingerprint density at radius 3 is 2.76 bits per heavy atom. The molecule has 2 aliphatic rings. The number of amides is 2. The summed E-state index contributed by atoms with van der Waals surface area (Å²) in [5.74, 6) is -1.20. The second-order valence-electron chi connectivity index (χ2n) is 8.62. The molecule has 2 heterocycles. The highest BCUT2D eigenvalue weighted by Crippen LogP contribution is 2.45. The summed E-state index contributed by atoms with van der Waals surface area (Å²) in [6.45, 7) is 2.84. The van der Waals surface area contributed by atoms with Crippen LogP contribution in [-0.2, 0) is 31.1 Å². The predicted octanol–water partition coefficient (Wildman–Crippen LogP) is 3.77. The number of carbonyl (C=O) groups excluding carboxylic acids is 3. The molecule has 9 heteroatoms. The van der Waals surface area contributed by atoms with Gasteiger partial charge in [-0.15, -0.1) is 0 Å². The van der Waals surface area contributed by atoms with Gasteiger partial charge >= 0.3 is 5.97 Å². The SMILES string of the molecule is CCOC(=O)CNC(=O)C1CCCN(C2(Cc3cccc(Cl)c3)C(=O)Nc3cc(Cl)ccc32)C1. The molecule has 7 nitrogen and oxygen atoms in total. The van der Waals surface area contributed by atoms with Crippen LogP contribution in [0, 0.1) is 5.92 Å². The number of piperidine rings is 1. The van der Waals surface area contributed by atoms with Gasteiger partial charge in [0.05, 0.1) is 12.5 Å². The minimum atomic E-state index is -1.01. The van der Waals surface area contributed by atoms with Crippen molar-refractivity contribution in [1.29, 1.82) is 0 Å². The number of hydrogen-bond acceptors (Lipinski definition) is 5. The lowest BCUT2D eigenvalue weighted by Crippen LogP contribution is -2.57. The summed E-state index contributed by atoms with van der Waals surface area (Å²) in [5, 5.41) is 6.81. The first-order valence-electron chi connectivity index (χ1n) is 11.4. The van der Waals surface area contributed by atoms with Crippen LogP contribution in [0.2, 0.25) is 10.0 Å². The largest absolute Gasteiger partial charge is 0.465 e. The standard InChI is InChI=1S/C25H27Cl2N3O4/c1-2-34-22(31)14-28-23(32)17-6-4-10-30(15-17)25(13-16-5-3-7-18(26)11-16)20-9-8-19(27)12-21(20)29-24(25)33/h3,5,7-9,11-12,17H,2,4,6,10,13-15H2,1H3,(H,28,32)(H,29,33). The first-order chi connectivity index (χ1) is 16.3. The lowest BCUT2D eigenvalue weighted by Gasteiger charge is -2.44. The number of rotatable bonds is 7. The van der Waals surface area contributed by atoms with Crippen LogP contribution in [-0.4, -0.2) is 48.9 Å². The van der Waals surface area contributed by atoms with Crippen LogP contribution >= 0.6 is 23.2 Å². The molecule has 2 atom stereocenters. The molecule has 4 rings (SSSR count). The second kappa shape index (κ2) is 10.3. The van der Waals surface area contributed by atoms with Crippen LogP contribution in [0.1, 0.15) is 30.9 Å². The van der Waals surface area contributed by atoms with Crippen molar-refractivity contribution in [3.63, 3.8) is 0 Å². The summed E-state index contributed by atoms with van der Waals surface area (Å²) >= 11 is 12.4. The number of halogens is 2. The van der Waals surface area contributed by atoms with Gasteiger partial charge < -0.3 is 15.4 Å². The molecule has 2 N–H and O–H groups in total. The van der Waals surface area contributed by atoms with Crippen LogP contribution in [0.5, 0.6) is 0 Å². The molecule has 0 aliphatic carbocycles. The molecule has 1 fully saturated rings. The van der Waals surface area contributed by atoms with E-state index in [2.05, 4.69) is 15.5 Å². The molecule has 180 valence electrons. The zero-order valence-electron chi connectivity index (χ0n) is 18.9. The minimum absolute atomic E-state index is 0.155. The van der Waals surface area contributed by atoms with Gasteiger partial charge in [-0.3, -0.25) is 19.3 Å². The molecular weight excluding hydrogens is 477 g/mol. The number of nitrogens with zero attached hydrogens (tertiary/aromatic N) is 1. The van der Waals surface area contributed by atoms with Gasteiger partial charge in [0.15, 0.2) is 0 Å². The first-order valence-corrected chi connectivity index (χ1v) is 12.1. The van der Waals surface area contributed by atoms with E-state index in [0.717, 1.165) is 17.5 Å². The molecule has 2 amide bonds. The van der Waals surface area contributed by atoms with E-state index < -0.39 is 11.5 Å². The van der Waals surface area contributed by atoms with E-state index in [1.54, 1.807) is 25.1 Å². The average molecular weight is 504 g/mol. The number of hydrogen-bond donors (Lipinski definition) is 2. The highest BCUT2D eigenvalue weighted by Gasteiger charge is 2.52. The van der Waals surface area contributed by atoms with Crippen LogP contribution in [0.4, 0.5) is 5.69 Å². The maximum atomic E-state index is 13.6. The summed E-state index contributed by atoms with van der Waals surface area (Å²) in [7, 11) is 0. The Kier molecular flexibility index (Phi) is 7.45. The smallest absolute Gasteiger partial charge is 0.325 e. The lowest BCUT2D eigenvalue weighted by molar-refractivity contribution is -0.144. The van der Waals surface area contributed by atoms with Crippen molar-refractivity contribution in [2.75, 3.05) is 31.6 Å². The molecule has 0 aromatic heterocycles. The van der Waals surface area contributed by atoms with Crippen LogP contribution in [0.25, 0.3) is 0 Å². The van der Waals surface area contributed by atoms with E-state index in [1.165, 1.54) is 0 Å². The Balaban J connectivity index is 1.64. The fraction of sp³-hybridized carbons (Fsp3) is 0.400. The number of esters is 1. The number of benzene rings is 2. The van der Waals surface area contributed by atoms with Crippen LogP contribution in [0.3, 0.4) is 0 Å². The average Bonchev–Trinajstić information content (AvgIpc) is 3.08. The Bertz CT molecular complexity index is 1110. The molecule has 2 unspecified atom stereocenters. The van der Waals surface area contributed by atoms with Crippen molar-refractivity contribution in [2.45, 2.75) is 31.7 Å². The van der Waals surface area contributed by atoms with Crippen molar-refractivity contribution in [3.8, 4) is 0 Å². The molecule has 0 radical (unpaired) electrons. The van der Waals surface area contributed by atoms with Crippen LogP contribution < -0.4 is 10.6 Å². The van der Waals surface area contributed by atoms with E-state index in [0.29, 0.717) is 41.7 Å². The quantitative estimate of drug-likeness (QED) is 0.561. The Hall–Kier alpha value is -2.61. The minimum Gasteiger partial charge on any atom is -0.465 e. The normalized spacial score (nSPS) is 22.1. The van der Waals surface area contributed by atoms with Gasteiger partial charge in [0.25, 0.3) is 0 Å². The van der Waals surface area contributed by atoms with Crippen LogP contribution in [0.15, 0.2) is 42.5 Å².